The SMILES string of the molecule is NC/C=C/c1ccc(C2CSC2)cc1. The Kier molecular flexibility index (Phi) is 3.27. The number of thioether (sulfide) groups is 1. The zero-order valence-electron chi connectivity index (χ0n) is 8.15. The molecule has 1 fully saturated rings. The van der Waals surface area contributed by atoms with Crippen LogP contribution in [-0.2, 0) is 0 Å². The lowest BCUT2D eigenvalue weighted by Gasteiger charge is -2.25. The molecule has 2 N–H and O–H groups in total. The second-order valence-electron chi connectivity index (χ2n) is 3.54. The summed E-state index contributed by atoms with van der Waals surface area (Å²) < 4.78 is 0. The molecule has 2 heteroatoms. The second-order valence-corrected chi connectivity index (χ2v) is 4.61. The summed E-state index contributed by atoms with van der Waals surface area (Å²) in [5.74, 6) is 3.38. The van der Waals surface area contributed by atoms with E-state index in [9.17, 15) is 0 Å². The van der Waals surface area contributed by atoms with E-state index in [-0.39, 0.29) is 0 Å². The minimum atomic E-state index is 0.612. The standard InChI is InChI=1S/C12H15NS/c13-7-1-2-10-3-5-11(6-4-10)12-8-14-9-12/h1-6,12H,7-9,13H2/b2-1+. The van der Waals surface area contributed by atoms with Crippen LogP contribution in [0.15, 0.2) is 30.3 Å². The van der Waals surface area contributed by atoms with Gasteiger partial charge in [0.15, 0.2) is 0 Å². The number of hydrogen-bond donors (Lipinski definition) is 1. The van der Waals surface area contributed by atoms with E-state index in [0.29, 0.717) is 6.54 Å². The molecule has 1 aromatic carbocycles. The number of hydrogen-bond acceptors (Lipinski definition) is 2. The molecule has 1 saturated heterocycles. The molecule has 74 valence electrons. The van der Waals surface area contributed by atoms with Crippen molar-refractivity contribution in [3.8, 4) is 0 Å². The molecule has 0 aliphatic carbocycles. The fraction of sp³-hybridized carbons (Fsp3) is 0.333. The molecule has 1 aromatic rings. The molecule has 0 spiro atoms. The van der Waals surface area contributed by atoms with Crippen LogP contribution in [0.1, 0.15) is 17.0 Å². The van der Waals surface area contributed by atoms with Gasteiger partial charge in [0.1, 0.15) is 0 Å². The van der Waals surface area contributed by atoms with Gasteiger partial charge in [-0.2, -0.15) is 11.8 Å². The summed E-state index contributed by atoms with van der Waals surface area (Å²) in [7, 11) is 0. The summed E-state index contributed by atoms with van der Waals surface area (Å²) in [6.07, 6.45) is 4.05. The Morgan fingerprint density at radius 2 is 2.00 bits per heavy atom. The molecule has 1 aliphatic heterocycles. The summed E-state index contributed by atoms with van der Waals surface area (Å²) in [5.41, 5.74) is 8.12. The molecular weight excluding hydrogens is 190 g/mol. The van der Waals surface area contributed by atoms with Crippen LogP contribution in [0.3, 0.4) is 0 Å². The number of nitrogens with two attached hydrogens (primary N) is 1. The molecule has 0 atom stereocenters. The quantitative estimate of drug-likeness (QED) is 0.820. The van der Waals surface area contributed by atoms with E-state index >= 15 is 0 Å². The topological polar surface area (TPSA) is 26.0 Å². The van der Waals surface area contributed by atoms with Gasteiger partial charge in [0.25, 0.3) is 0 Å². The average Bonchev–Trinajstić information content (AvgIpc) is 2.14. The van der Waals surface area contributed by atoms with Crippen LogP contribution < -0.4 is 5.73 Å². The highest BCUT2D eigenvalue weighted by atomic mass is 32.2. The maximum Gasteiger partial charge on any atom is 0.0110 e. The van der Waals surface area contributed by atoms with E-state index in [2.05, 4.69) is 30.3 Å². The lowest BCUT2D eigenvalue weighted by Crippen LogP contribution is -2.15. The summed E-state index contributed by atoms with van der Waals surface area (Å²) in [6.45, 7) is 0.612. The van der Waals surface area contributed by atoms with Crippen molar-refractivity contribution >= 4 is 17.8 Å². The van der Waals surface area contributed by atoms with Crippen molar-refractivity contribution in [3.05, 3.63) is 41.5 Å². The zero-order valence-corrected chi connectivity index (χ0v) is 8.96. The molecule has 0 bridgehead atoms. The molecule has 0 radical (unpaired) electrons. The minimum absolute atomic E-state index is 0.612. The van der Waals surface area contributed by atoms with Crippen LogP contribution in [0.2, 0.25) is 0 Å². The van der Waals surface area contributed by atoms with Crippen molar-refractivity contribution in [2.24, 2.45) is 5.73 Å². The first-order chi connectivity index (χ1) is 6.90. The highest BCUT2D eigenvalue weighted by Gasteiger charge is 2.19. The van der Waals surface area contributed by atoms with Gasteiger partial charge in [-0.3, -0.25) is 0 Å². The maximum atomic E-state index is 5.40. The van der Waals surface area contributed by atoms with Crippen molar-refractivity contribution in [2.75, 3.05) is 18.1 Å². The second kappa shape index (κ2) is 4.67. The molecule has 14 heavy (non-hydrogen) atoms. The van der Waals surface area contributed by atoms with Crippen LogP contribution in [-0.4, -0.2) is 18.1 Å². The lowest BCUT2D eigenvalue weighted by molar-refractivity contribution is 0.850. The van der Waals surface area contributed by atoms with Crippen molar-refractivity contribution < 1.29 is 0 Å². The first-order valence-electron chi connectivity index (χ1n) is 4.94. The molecule has 1 nitrogen and oxygen atoms in total. The van der Waals surface area contributed by atoms with E-state index in [1.54, 1.807) is 0 Å². The molecule has 0 unspecified atom stereocenters. The Morgan fingerprint density at radius 1 is 1.29 bits per heavy atom. The number of benzene rings is 1. The molecule has 0 aromatic heterocycles. The molecule has 1 aliphatic rings. The van der Waals surface area contributed by atoms with Crippen molar-refractivity contribution in [1.29, 1.82) is 0 Å². The largest absolute Gasteiger partial charge is 0.327 e. The first kappa shape index (κ1) is 9.81. The van der Waals surface area contributed by atoms with Crippen LogP contribution in [0.25, 0.3) is 6.08 Å². The summed E-state index contributed by atoms with van der Waals surface area (Å²) in [6, 6.07) is 8.82. The Hall–Kier alpha value is -0.730. The van der Waals surface area contributed by atoms with Crippen molar-refractivity contribution in [3.63, 3.8) is 0 Å². The van der Waals surface area contributed by atoms with Crippen molar-refractivity contribution in [2.45, 2.75) is 5.92 Å². The van der Waals surface area contributed by atoms with E-state index in [1.807, 2.05) is 17.8 Å². The summed E-state index contributed by atoms with van der Waals surface area (Å²) >= 11 is 2.03. The Balaban J connectivity index is 2.05. The third-order valence-corrected chi connectivity index (χ3v) is 3.77. The fourth-order valence-corrected chi connectivity index (χ4v) is 2.37. The van der Waals surface area contributed by atoms with E-state index in [4.69, 9.17) is 5.73 Å². The summed E-state index contributed by atoms with van der Waals surface area (Å²) in [4.78, 5) is 0. The molecule has 1 heterocycles. The van der Waals surface area contributed by atoms with Gasteiger partial charge in [-0.05, 0) is 11.1 Å². The van der Waals surface area contributed by atoms with Crippen molar-refractivity contribution in [1.82, 2.24) is 0 Å². The van der Waals surface area contributed by atoms with Crippen LogP contribution in [0, 0.1) is 0 Å². The van der Waals surface area contributed by atoms with Crippen LogP contribution >= 0.6 is 11.8 Å². The highest BCUT2D eigenvalue weighted by Crippen LogP contribution is 2.33. The van der Waals surface area contributed by atoms with E-state index < -0.39 is 0 Å². The zero-order chi connectivity index (χ0) is 9.80. The molecule has 2 rings (SSSR count). The van der Waals surface area contributed by atoms with Gasteiger partial charge >= 0.3 is 0 Å². The Bertz CT molecular complexity index is 312. The normalized spacial score (nSPS) is 17.2. The predicted octanol–water partition coefficient (Wildman–Crippen LogP) is 2.49. The van der Waals surface area contributed by atoms with Gasteiger partial charge in [-0.1, -0.05) is 36.4 Å². The van der Waals surface area contributed by atoms with Gasteiger partial charge in [-0.25, -0.2) is 0 Å². The van der Waals surface area contributed by atoms with Crippen LogP contribution in [0.4, 0.5) is 0 Å². The predicted molar refractivity (Wildman–Crippen MR) is 64.6 cm³/mol. The van der Waals surface area contributed by atoms with Gasteiger partial charge in [0.05, 0.1) is 0 Å². The molecular formula is C12H15NS. The van der Waals surface area contributed by atoms with Gasteiger partial charge in [0, 0.05) is 24.0 Å². The Labute approximate surface area is 89.4 Å². The average molecular weight is 205 g/mol. The first-order valence-corrected chi connectivity index (χ1v) is 6.10. The highest BCUT2D eigenvalue weighted by molar-refractivity contribution is 8.00. The van der Waals surface area contributed by atoms with Gasteiger partial charge in [-0.15, -0.1) is 0 Å². The van der Waals surface area contributed by atoms with E-state index in [1.165, 1.54) is 22.6 Å². The number of rotatable bonds is 3. The smallest absolute Gasteiger partial charge is 0.0110 e. The van der Waals surface area contributed by atoms with Gasteiger partial charge in [0.2, 0.25) is 0 Å². The maximum absolute atomic E-state index is 5.40. The monoisotopic (exact) mass is 205 g/mol. The minimum Gasteiger partial charge on any atom is -0.327 e. The fourth-order valence-electron chi connectivity index (χ4n) is 1.51. The molecule has 0 saturated carbocycles. The third-order valence-electron chi connectivity index (χ3n) is 2.49. The third kappa shape index (κ3) is 2.20. The lowest BCUT2D eigenvalue weighted by atomic mass is 10.0. The van der Waals surface area contributed by atoms with Gasteiger partial charge < -0.3 is 5.73 Å². The summed E-state index contributed by atoms with van der Waals surface area (Å²) in [5, 5.41) is 0. The Morgan fingerprint density at radius 3 is 2.50 bits per heavy atom. The van der Waals surface area contributed by atoms with Crippen LogP contribution in [0.5, 0.6) is 0 Å². The van der Waals surface area contributed by atoms with E-state index in [0.717, 1.165) is 5.92 Å². The molecule has 0 amide bonds.